The Morgan fingerprint density at radius 3 is 2.60 bits per heavy atom. The van der Waals surface area contributed by atoms with Crippen molar-refractivity contribution in [3.05, 3.63) is 99.7 Å². The maximum Gasteiger partial charge on any atom is 0.253 e. The van der Waals surface area contributed by atoms with Crippen LogP contribution < -0.4 is 10.9 Å². The first-order valence-corrected chi connectivity index (χ1v) is 10.2. The van der Waals surface area contributed by atoms with Crippen molar-refractivity contribution in [1.29, 1.82) is 0 Å². The van der Waals surface area contributed by atoms with Crippen molar-refractivity contribution in [2.75, 3.05) is 5.32 Å². The van der Waals surface area contributed by atoms with Gasteiger partial charge < -0.3 is 19.6 Å². The molecule has 6 heteroatoms. The van der Waals surface area contributed by atoms with E-state index in [1.165, 1.54) is 0 Å². The predicted octanol–water partition coefficient (Wildman–Crippen LogP) is 5.14. The van der Waals surface area contributed by atoms with E-state index in [1.807, 2.05) is 73.3 Å². The van der Waals surface area contributed by atoms with Crippen molar-refractivity contribution in [3.8, 4) is 0 Å². The number of benzene rings is 2. The van der Waals surface area contributed by atoms with Crippen LogP contribution in [0.5, 0.6) is 0 Å². The third-order valence-corrected chi connectivity index (χ3v) is 5.59. The quantitative estimate of drug-likeness (QED) is 0.441. The zero-order valence-corrected chi connectivity index (χ0v) is 17.8. The Hall–Kier alpha value is -3.38. The summed E-state index contributed by atoms with van der Waals surface area (Å²) in [7, 11) is 0. The van der Waals surface area contributed by atoms with Gasteiger partial charge in [-0.1, -0.05) is 30.3 Å². The number of aromatic amines is 1. The van der Waals surface area contributed by atoms with Gasteiger partial charge in [0.2, 0.25) is 0 Å². The number of aryl methyl sites for hydroxylation is 2. The predicted molar refractivity (Wildman–Crippen MR) is 125 cm³/mol. The molecule has 0 bridgehead atoms. The summed E-state index contributed by atoms with van der Waals surface area (Å²) in [6.07, 6.45) is 1.63. The molecule has 0 aliphatic rings. The maximum atomic E-state index is 12.8. The second-order valence-corrected chi connectivity index (χ2v) is 7.71. The largest absolute Gasteiger partial charge is 0.467 e. The van der Waals surface area contributed by atoms with E-state index in [1.54, 1.807) is 6.26 Å². The number of rotatable bonds is 5. The van der Waals surface area contributed by atoms with Gasteiger partial charge in [0, 0.05) is 11.3 Å². The summed E-state index contributed by atoms with van der Waals surface area (Å²) in [5.41, 5.74) is 4.55. The third kappa shape index (κ3) is 4.28. The number of H-pyrrole nitrogens is 1. The van der Waals surface area contributed by atoms with Crippen LogP contribution in [0.4, 0.5) is 5.69 Å². The van der Waals surface area contributed by atoms with Crippen LogP contribution in [0.1, 0.15) is 22.5 Å². The Balaban J connectivity index is 1.65. The zero-order valence-electron chi connectivity index (χ0n) is 16.9. The third-order valence-electron chi connectivity index (χ3n) is 5.23. The smallest absolute Gasteiger partial charge is 0.253 e. The molecule has 2 aromatic carbocycles. The summed E-state index contributed by atoms with van der Waals surface area (Å²) < 4.78 is 5.52. The first-order chi connectivity index (χ1) is 14.5. The van der Waals surface area contributed by atoms with Crippen LogP contribution in [0.15, 0.2) is 76.1 Å². The molecular weight excluding hydrogens is 394 g/mol. The molecule has 0 fully saturated rings. The molecule has 2 heterocycles. The molecule has 2 N–H and O–H groups in total. The average Bonchev–Trinajstić information content (AvgIpc) is 3.25. The minimum atomic E-state index is -0.108. The molecule has 2 aromatic heterocycles. The number of thiocarbonyl (C=S) groups is 1. The Morgan fingerprint density at radius 2 is 1.87 bits per heavy atom. The van der Waals surface area contributed by atoms with Crippen LogP contribution in [-0.4, -0.2) is 15.0 Å². The highest BCUT2D eigenvalue weighted by Gasteiger charge is 2.16. The highest BCUT2D eigenvalue weighted by atomic mass is 32.1. The summed E-state index contributed by atoms with van der Waals surface area (Å²) in [6, 6.07) is 19.5. The second-order valence-electron chi connectivity index (χ2n) is 7.33. The lowest BCUT2D eigenvalue weighted by Crippen LogP contribution is -2.35. The van der Waals surface area contributed by atoms with Crippen molar-refractivity contribution in [3.63, 3.8) is 0 Å². The van der Waals surface area contributed by atoms with Gasteiger partial charge in [0.1, 0.15) is 5.76 Å². The van der Waals surface area contributed by atoms with Gasteiger partial charge in [0.25, 0.3) is 5.56 Å². The molecule has 0 atom stereocenters. The molecule has 5 nitrogen and oxygen atoms in total. The van der Waals surface area contributed by atoms with Gasteiger partial charge in [0.15, 0.2) is 5.11 Å². The monoisotopic (exact) mass is 417 g/mol. The molecule has 0 amide bonds. The van der Waals surface area contributed by atoms with E-state index in [4.69, 9.17) is 16.6 Å². The van der Waals surface area contributed by atoms with Crippen molar-refractivity contribution < 1.29 is 4.42 Å². The van der Waals surface area contributed by atoms with Crippen LogP contribution in [0.25, 0.3) is 10.9 Å². The normalized spacial score (nSPS) is 10.9. The van der Waals surface area contributed by atoms with Crippen LogP contribution >= 0.6 is 12.2 Å². The standard InChI is InChI=1S/C24H23N3O2S/c1-16-10-11-18-13-19(23(28)26-22(18)17(16)2)14-27(15-21-9-6-12-29-21)24(30)25-20-7-4-3-5-8-20/h3-13H,14-15H2,1-2H3,(H,25,30)(H,26,28). The van der Waals surface area contributed by atoms with Crippen molar-refractivity contribution in [2.24, 2.45) is 0 Å². The summed E-state index contributed by atoms with van der Waals surface area (Å²) in [5, 5.41) is 4.78. The Kier molecular flexibility index (Phi) is 5.68. The Bertz CT molecular complexity index is 1230. The number of fused-ring (bicyclic) bond motifs is 1. The molecule has 0 aliphatic carbocycles. The lowest BCUT2D eigenvalue weighted by molar-refractivity contribution is 0.359. The molecular formula is C24H23N3O2S. The average molecular weight is 418 g/mol. The van der Waals surface area contributed by atoms with E-state index in [-0.39, 0.29) is 5.56 Å². The van der Waals surface area contributed by atoms with E-state index in [9.17, 15) is 4.79 Å². The lowest BCUT2D eigenvalue weighted by atomic mass is 10.0. The van der Waals surface area contributed by atoms with Crippen LogP contribution in [0.3, 0.4) is 0 Å². The summed E-state index contributed by atoms with van der Waals surface area (Å²) >= 11 is 5.67. The van der Waals surface area contributed by atoms with Crippen LogP contribution in [0, 0.1) is 13.8 Å². The van der Waals surface area contributed by atoms with Gasteiger partial charge in [-0.2, -0.15) is 0 Å². The molecule has 30 heavy (non-hydrogen) atoms. The first-order valence-electron chi connectivity index (χ1n) is 9.77. The van der Waals surface area contributed by atoms with Gasteiger partial charge >= 0.3 is 0 Å². The Labute approximate surface area is 180 Å². The molecule has 0 unspecified atom stereocenters. The van der Waals surface area contributed by atoms with Gasteiger partial charge in [-0.25, -0.2) is 0 Å². The van der Waals surface area contributed by atoms with Gasteiger partial charge in [-0.05, 0) is 72.9 Å². The fourth-order valence-corrected chi connectivity index (χ4v) is 3.65. The Morgan fingerprint density at radius 1 is 1.07 bits per heavy atom. The molecule has 0 spiro atoms. The second kappa shape index (κ2) is 8.55. The summed E-state index contributed by atoms with van der Waals surface area (Å²) in [5.74, 6) is 0.774. The number of aromatic nitrogens is 1. The molecule has 0 aliphatic heterocycles. The molecule has 4 rings (SSSR count). The molecule has 4 aromatic rings. The van der Waals surface area contributed by atoms with Gasteiger partial charge in [-0.3, -0.25) is 4.79 Å². The van der Waals surface area contributed by atoms with Crippen LogP contribution in [-0.2, 0) is 13.1 Å². The number of hydrogen-bond acceptors (Lipinski definition) is 3. The van der Waals surface area contributed by atoms with Crippen molar-refractivity contribution >= 4 is 33.9 Å². The fraction of sp³-hybridized carbons (Fsp3) is 0.167. The maximum absolute atomic E-state index is 12.8. The summed E-state index contributed by atoms with van der Waals surface area (Å²) in [6.45, 7) is 4.88. The van der Waals surface area contributed by atoms with Crippen LogP contribution in [0.2, 0.25) is 0 Å². The van der Waals surface area contributed by atoms with E-state index in [2.05, 4.69) is 16.4 Å². The number of furan rings is 1. The van der Waals surface area contributed by atoms with Crippen molar-refractivity contribution in [2.45, 2.75) is 26.9 Å². The lowest BCUT2D eigenvalue weighted by Gasteiger charge is -2.25. The molecule has 0 saturated heterocycles. The molecule has 0 saturated carbocycles. The first kappa shape index (κ1) is 19.9. The number of pyridine rings is 1. The van der Waals surface area contributed by atoms with E-state index in [0.717, 1.165) is 33.5 Å². The van der Waals surface area contributed by atoms with E-state index in [0.29, 0.717) is 23.8 Å². The minimum absolute atomic E-state index is 0.108. The number of hydrogen-bond donors (Lipinski definition) is 2. The fourth-order valence-electron chi connectivity index (χ4n) is 3.41. The number of para-hydroxylation sites is 1. The van der Waals surface area contributed by atoms with E-state index >= 15 is 0 Å². The minimum Gasteiger partial charge on any atom is -0.467 e. The molecule has 152 valence electrons. The van der Waals surface area contributed by atoms with E-state index < -0.39 is 0 Å². The van der Waals surface area contributed by atoms with Gasteiger partial charge in [0.05, 0.1) is 24.9 Å². The van der Waals surface area contributed by atoms with Gasteiger partial charge in [-0.15, -0.1) is 0 Å². The number of nitrogens with zero attached hydrogens (tertiary/aromatic N) is 1. The SMILES string of the molecule is Cc1ccc2cc(CN(Cc3ccco3)C(=S)Nc3ccccc3)c(=O)[nH]c2c1C. The number of anilines is 1. The van der Waals surface area contributed by atoms with Crippen molar-refractivity contribution in [1.82, 2.24) is 9.88 Å². The summed E-state index contributed by atoms with van der Waals surface area (Å²) in [4.78, 5) is 17.8. The zero-order chi connectivity index (χ0) is 21.1. The number of nitrogens with one attached hydrogen (secondary N) is 2. The topological polar surface area (TPSA) is 61.3 Å². The highest BCUT2D eigenvalue weighted by molar-refractivity contribution is 7.80. The highest BCUT2D eigenvalue weighted by Crippen LogP contribution is 2.20. The molecule has 0 radical (unpaired) electrons.